The fourth-order valence-electron chi connectivity index (χ4n) is 6.88. The van der Waals surface area contributed by atoms with Crippen LogP contribution in [-0.2, 0) is 21.4 Å². The highest BCUT2D eigenvalue weighted by atomic mass is 16.5. The summed E-state index contributed by atoms with van der Waals surface area (Å²) in [6, 6.07) is 4.20. The van der Waals surface area contributed by atoms with Crippen LogP contribution in [0.25, 0.3) is 0 Å². The van der Waals surface area contributed by atoms with Gasteiger partial charge in [0.05, 0.1) is 11.0 Å². The Balaban J connectivity index is 1.57. The first kappa shape index (κ1) is 19.2. The Kier molecular flexibility index (Phi) is 4.35. The molecule has 2 fully saturated rings. The lowest BCUT2D eigenvalue weighted by atomic mass is 9.48. The lowest BCUT2D eigenvalue weighted by molar-refractivity contribution is -0.203. The molecule has 0 aromatic heterocycles. The van der Waals surface area contributed by atoms with Crippen molar-refractivity contribution in [1.29, 1.82) is 0 Å². The number of rotatable bonds is 6. The second-order valence-corrected chi connectivity index (χ2v) is 9.10. The molecule has 2 aliphatic heterocycles. The predicted molar refractivity (Wildman–Crippen MR) is 107 cm³/mol. The van der Waals surface area contributed by atoms with Gasteiger partial charge in [-0.1, -0.05) is 6.07 Å². The highest BCUT2D eigenvalue weighted by molar-refractivity contribution is 5.66. The minimum atomic E-state index is -0.767. The number of carboxylic acids is 1. The topological polar surface area (TPSA) is 91.3 Å². The highest BCUT2D eigenvalue weighted by Gasteiger charge is 2.73. The van der Waals surface area contributed by atoms with Crippen molar-refractivity contribution >= 4 is 5.97 Å². The summed E-state index contributed by atoms with van der Waals surface area (Å²) in [6.45, 7) is 1.61. The van der Waals surface area contributed by atoms with E-state index in [0.717, 1.165) is 37.8 Å². The van der Waals surface area contributed by atoms with Gasteiger partial charge in [0.25, 0.3) is 0 Å². The summed E-state index contributed by atoms with van der Waals surface area (Å²) in [6.07, 6.45) is 4.29. The van der Waals surface area contributed by atoms with Crippen LogP contribution in [-0.4, -0.2) is 72.1 Å². The summed E-state index contributed by atoms with van der Waals surface area (Å²) < 4.78 is 12.9. The zero-order valence-electron chi connectivity index (χ0n) is 17.1. The van der Waals surface area contributed by atoms with E-state index < -0.39 is 5.97 Å². The number of ether oxygens (including phenoxy) is 2. The summed E-state index contributed by atoms with van der Waals surface area (Å²) in [5, 5.41) is 23.1. The molecular formula is C22H30N2O5. The second-order valence-electron chi connectivity index (χ2n) is 9.10. The first-order valence-electron chi connectivity index (χ1n) is 10.7. The molecular weight excluding hydrogens is 372 g/mol. The molecule has 2 heterocycles. The molecule has 5 atom stereocenters. The number of benzene rings is 1. The molecule has 0 radical (unpaired) electrons. The predicted octanol–water partition coefficient (Wildman–Crippen LogP) is 1.65. The van der Waals surface area contributed by atoms with Crippen molar-refractivity contribution in [3.63, 3.8) is 0 Å². The van der Waals surface area contributed by atoms with Crippen molar-refractivity contribution in [2.24, 2.45) is 0 Å². The first-order valence-corrected chi connectivity index (χ1v) is 10.7. The van der Waals surface area contributed by atoms with E-state index in [2.05, 4.69) is 23.3 Å². The molecule has 1 saturated carbocycles. The van der Waals surface area contributed by atoms with Gasteiger partial charge in [0, 0.05) is 31.2 Å². The number of phenols is 1. The van der Waals surface area contributed by atoms with Crippen LogP contribution in [0.4, 0.5) is 0 Å². The Morgan fingerprint density at radius 1 is 1.41 bits per heavy atom. The van der Waals surface area contributed by atoms with Gasteiger partial charge in [0.2, 0.25) is 0 Å². The average molecular weight is 402 g/mol. The lowest BCUT2D eigenvalue weighted by Crippen LogP contribution is -2.78. The number of hydrogen-bond acceptors (Lipinski definition) is 6. The summed E-state index contributed by atoms with van der Waals surface area (Å²) in [4.78, 5) is 13.3. The van der Waals surface area contributed by atoms with E-state index in [-0.39, 0.29) is 41.4 Å². The van der Waals surface area contributed by atoms with Gasteiger partial charge in [-0.05, 0) is 63.9 Å². The van der Waals surface area contributed by atoms with E-state index in [0.29, 0.717) is 18.7 Å². The Morgan fingerprint density at radius 3 is 3.00 bits per heavy atom. The van der Waals surface area contributed by atoms with E-state index in [1.54, 1.807) is 6.07 Å². The molecule has 0 unspecified atom stereocenters. The first-order chi connectivity index (χ1) is 13.9. The van der Waals surface area contributed by atoms with Crippen molar-refractivity contribution in [3.05, 3.63) is 23.3 Å². The van der Waals surface area contributed by atoms with Crippen LogP contribution in [0.2, 0.25) is 0 Å². The molecule has 1 aromatic carbocycles. The van der Waals surface area contributed by atoms with Crippen LogP contribution in [0.1, 0.15) is 43.2 Å². The van der Waals surface area contributed by atoms with Crippen molar-refractivity contribution in [1.82, 2.24) is 10.2 Å². The number of likely N-dealkylation sites (tertiary alicyclic amines) is 1. The van der Waals surface area contributed by atoms with E-state index in [1.165, 1.54) is 5.56 Å². The number of phenolic OH excluding ortho intramolecular Hbond substituents is 1. The molecule has 7 nitrogen and oxygen atoms in total. The fourth-order valence-corrected chi connectivity index (χ4v) is 6.88. The zero-order valence-corrected chi connectivity index (χ0v) is 17.1. The Labute approximate surface area is 171 Å². The number of methoxy groups -OCH3 is 1. The number of aromatic hydroxyl groups is 1. The van der Waals surface area contributed by atoms with Crippen LogP contribution < -0.4 is 10.1 Å². The second kappa shape index (κ2) is 6.59. The molecule has 29 heavy (non-hydrogen) atoms. The summed E-state index contributed by atoms with van der Waals surface area (Å²) >= 11 is 0. The number of piperidine rings is 1. The maximum atomic E-state index is 10.9. The SMILES string of the molecule is CO[C@@]12CC[C@H](NCCCC(=O)O)[C@@H]3Oc4c(O)ccc5c4[C@@]31CCN(C)[C@@H]2C5. The van der Waals surface area contributed by atoms with Gasteiger partial charge in [0.15, 0.2) is 11.5 Å². The third-order valence-corrected chi connectivity index (χ3v) is 8.03. The van der Waals surface area contributed by atoms with Crippen LogP contribution in [0.15, 0.2) is 12.1 Å². The van der Waals surface area contributed by atoms with Crippen molar-refractivity contribution in [3.8, 4) is 11.5 Å². The molecule has 1 saturated heterocycles. The molecule has 1 aromatic rings. The largest absolute Gasteiger partial charge is 0.504 e. The van der Waals surface area contributed by atoms with Gasteiger partial charge in [-0.15, -0.1) is 0 Å². The highest BCUT2D eigenvalue weighted by Crippen LogP contribution is 2.66. The third-order valence-electron chi connectivity index (χ3n) is 8.03. The quantitative estimate of drug-likeness (QED) is 0.623. The van der Waals surface area contributed by atoms with Crippen LogP contribution >= 0.6 is 0 Å². The van der Waals surface area contributed by atoms with Crippen LogP contribution in [0, 0.1) is 0 Å². The summed E-state index contributed by atoms with van der Waals surface area (Å²) in [7, 11) is 4.02. The monoisotopic (exact) mass is 402 g/mol. The van der Waals surface area contributed by atoms with E-state index in [1.807, 2.05) is 7.11 Å². The zero-order chi connectivity index (χ0) is 20.4. The third kappa shape index (κ3) is 2.38. The van der Waals surface area contributed by atoms with Crippen molar-refractivity contribution < 1.29 is 24.5 Å². The Hall–Kier alpha value is -1.83. The van der Waals surface area contributed by atoms with E-state index in [9.17, 15) is 9.90 Å². The molecule has 4 aliphatic rings. The Bertz CT molecular complexity index is 845. The molecule has 5 rings (SSSR count). The average Bonchev–Trinajstić information content (AvgIpc) is 3.06. The molecule has 0 amide bonds. The molecule has 2 aliphatic carbocycles. The standard InChI is InChI=1S/C22H30N2O5/c1-24-11-9-21-18-13-5-6-15(25)19(18)29-20(21)14(23-10-3-4-17(26)27)7-8-22(21,28-2)16(24)12-13/h5-6,14,16,20,23,25H,3-4,7-12H2,1-2H3,(H,26,27)/t14-,16+,20-,21-,22+/m0/s1. The Morgan fingerprint density at radius 2 is 2.24 bits per heavy atom. The number of nitrogens with zero attached hydrogens (tertiary/aromatic N) is 1. The van der Waals surface area contributed by atoms with Gasteiger partial charge < -0.3 is 29.9 Å². The number of hydrogen-bond donors (Lipinski definition) is 3. The number of aliphatic carboxylic acids is 1. The number of carboxylic acid groups (broad SMARTS) is 1. The van der Waals surface area contributed by atoms with Gasteiger partial charge in [-0.2, -0.15) is 0 Å². The molecule has 1 spiro atoms. The van der Waals surface area contributed by atoms with Crippen molar-refractivity contribution in [2.75, 3.05) is 27.2 Å². The van der Waals surface area contributed by atoms with E-state index in [4.69, 9.17) is 14.6 Å². The maximum absolute atomic E-state index is 10.9. The van der Waals surface area contributed by atoms with E-state index >= 15 is 0 Å². The fraction of sp³-hybridized carbons (Fsp3) is 0.682. The molecule has 158 valence electrons. The van der Waals surface area contributed by atoms with Gasteiger partial charge in [-0.25, -0.2) is 0 Å². The minimum absolute atomic E-state index is 0.105. The van der Waals surface area contributed by atoms with Gasteiger partial charge in [-0.3, -0.25) is 4.79 Å². The van der Waals surface area contributed by atoms with Gasteiger partial charge >= 0.3 is 5.97 Å². The summed E-state index contributed by atoms with van der Waals surface area (Å²) in [5.74, 6) is 0.0765. The van der Waals surface area contributed by atoms with Crippen LogP contribution in [0.3, 0.4) is 0 Å². The molecule has 2 bridgehead atoms. The van der Waals surface area contributed by atoms with Crippen molar-refractivity contribution in [2.45, 2.75) is 67.7 Å². The molecule has 3 N–H and O–H groups in total. The minimum Gasteiger partial charge on any atom is -0.504 e. The number of likely N-dealkylation sites (N-methyl/N-ethyl adjacent to an activating group) is 1. The normalized spacial score (nSPS) is 37.1. The van der Waals surface area contributed by atoms with Gasteiger partial charge in [0.1, 0.15) is 6.10 Å². The number of nitrogens with one attached hydrogen (secondary N) is 1. The number of carbonyl (C=O) groups is 1. The molecule has 7 heteroatoms. The smallest absolute Gasteiger partial charge is 0.303 e. The summed E-state index contributed by atoms with van der Waals surface area (Å²) in [5.41, 5.74) is 1.79. The van der Waals surface area contributed by atoms with Crippen LogP contribution in [0.5, 0.6) is 11.5 Å². The lowest BCUT2D eigenvalue weighted by Gasteiger charge is -2.65. The maximum Gasteiger partial charge on any atom is 0.303 e.